The van der Waals surface area contributed by atoms with Crippen molar-refractivity contribution in [1.82, 2.24) is 4.90 Å². The number of anilines is 2. The van der Waals surface area contributed by atoms with Gasteiger partial charge in [0.1, 0.15) is 5.66 Å². The van der Waals surface area contributed by atoms with E-state index in [0.717, 1.165) is 44.5 Å². The Kier molecular flexibility index (Phi) is 5.19. The van der Waals surface area contributed by atoms with E-state index in [0.29, 0.717) is 18.0 Å². The zero-order valence-corrected chi connectivity index (χ0v) is 17.1. The molecule has 2 aliphatic heterocycles. The van der Waals surface area contributed by atoms with Crippen LogP contribution in [0.4, 0.5) is 11.4 Å². The maximum atomic E-state index is 6.34. The molecule has 0 radical (unpaired) electrons. The Balaban J connectivity index is 1.58. The smallest absolute Gasteiger partial charge is 0.220 e. The number of likely N-dealkylation sites (N-methyl/N-ethyl adjacent to an activating group) is 1. The summed E-state index contributed by atoms with van der Waals surface area (Å²) in [6.07, 6.45) is 7.93. The lowest BCUT2D eigenvalue weighted by Gasteiger charge is -2.45. The van der Waals surface area contributed by atoms with Gasteiger partial charge in [-0.15, -0.1) is 0 Å². The standard InChI is InChI=1S/C21H33N7/c1-26(2)18-7-6-14-27(15-18)16-8-10-17(11-9-16)28-20(23)24-19(22)25-21(28)12-4-3-5-13-21/h8-11,18H,3-7,12-15H2,1-2H3,(H4,22,23,24,25). The Morgan fingerprint density at radius 1 is 1.00 bits per heavy atom. The molecule has 7 nitrogen and oxygen atoms in total. The van der Waals surface area contributed by atoms with Crippen LogP contribution in [0.15, 0.2) is 34.3 Å². The topological polar surface area (TPSA) is 86.5 Å². The Hall–Kier alpha value is -2.28. The number of aliphatic imine (C=N–C) groups is 2. The Bertz CT molecular complexity index is 747. The molecule has 7 heteroatoms. The summed E-state index contributed by atoms with van der Waals surface area (Å²) in [7, 11) is 4.34. The van der Waals surface area contributed by atoms with E-state index >= 15 is 0 Å². The van der Waals surface area contributed by atoms with Crippen LogP contribution in [0.2, 0.25) is 0 Å². The molecule has 1 unspecified atom stereocenters. The molecule has 28 heavy (non-hydrogen) atoms. The molecule has 1 saturated carbocycles. The van der Waals surface area contributed by atoms with Crippen LogP contribution >= 0.6 is 0 Å². The summed E-state index contributed by atoms with van der Waals surface area (Å²) in [5, 5.41) is 0. The van der Waals surface area contributed by atoms with Crippen molar-refractivity contribution in [3.63, 3.8) is 0 Å². The number of piperidine rings is 1. The van der Waals surface area contributed by atoms with Crippen molar-refractivity contribution in [2.45, 2.75) is 56.7 Å². The Morgan fingerprint density at radius 2 is 1.68 bits per heavy atom. The van der Waals surface area contributed by atoms with E-state index < -0.39 is 0 Å². The molecule has 152 valence electrons. The molecule has 2 heterocycles. The monoisotopic (exact) mass is 383 g/mol. The Labute approximate surface area is 168 Å². The second-order valence-electron chi connectivity index (χ2n) is 8.54. The van der Waals surface area contributed by atoms with Gasteiger partial charge in [0.05, 0.1) is 0 Å². The van der Waals surface area contributed by atoms with Crippen LogP contribution in [-0.2, 0) is 0 Å². The molecule has 4 N–H and O–H groups in total. The second-order valence-corrected chi connectivity index (χ2v) is 8.54. The van der Waals surface area contributed by atoms with E-state index in [1.54, 1.807) is 0 Å². The quantitative estimate of drug-likeness (QED) is 0.837. The van der Waals surface area contributed by atoms with Crippen LogP contribution in [-0.4, -0.2) is 55.7 Å². The molecule has 0 aromatic heterocycles. The minimum atomic E-state index is -0.378. The molecule has 1 saturated heterocycles. The van der Waals surface area contributed by atoms with Gasteiger partial charge < -0.3 is 21.3 Å². The van der Waals surface area contributed by atoms with E-state index in [2.05, 4.69) is 58.1 Å². The van der Waals surface area contributed by atoms with Gasteiger partial charge >= 0.3 is 0 Å². The summed E-state index contributed by atoms with van der Waals surface area (Å²) < 4.78 is 0. The summed E-state index contributed by atoms with van der Waals surface area (Å²) in [6.45, 7) is 2.19. The van der Waals surface area contributed by atoms with Crippen molar-refractivity contribution in [3.8, 4) is 0 Å². The number of guanidine groups is 2. The van der Waals surface area contributed by atoms with E-state index in [1.807, 2.05) is 0 Å². The zero-order valence-electron chi connectivity index (χ0n) is 17.1. The molecule has 0 amide bonds. The summed E-state index contributed by atoms with van der Waals surface area (Å²) >= 11 is 0. The normalized spacial score (nSPS) is 25.0. The van der Waals surface area contributed by atoms with E-state index in [4.69, 9.17) is 16.5 Å². The van der Waals surface area contributed by atoms with Gasteiger partial charge in [0.25, 0.3) is 0 Å². The van der Waals surface area contributed by atoms with Crippen molar-refractivity contribution < 1.29 is 0 Å². The molecule has 1 aliphatic carbocycles. The molecule has 2 fully saturated rings. The van der Waals surface area contributed by atoms with Crippen molar-refractivity contribution in [3.05, 3.63) is 24.3 Å². The SMILES string of the molecule is CN(C)C1CCCN(c2ccc(N3C(N)=NC(N)=NC34CCCCC4)cc2)C1. The van der Waals surface area contributed by atoms with Gasteiger partial charge in [-0.1, -0.05) is 6.42 Å². The lowest BCUT2D eigenvalue weighted by molar-refractivity contribution is 0.258. The first-order valence-electron chi connectivity index (χ1n) is 10.5. The number of hydrogen-bond acceptors (Lipinski definition) is 7. The average Bonchev–Trinajstić information content (AvgIpc) is 2.68. The molecule has 1 spiro atoms. The van der Waals surface area contributed by atoms with E-state index in [-0.39, 0.29) is 5.66 Å². The first-order valence-corrected chi connectivity index (χ1v) is 10.5. The highest BCUT2D eigenvalue weighted by molar-refractivity contribution is 6.05. The van der Waals surface area contributed by atoms with Crippen LogP contribution in [0.1, 0.15) is 44.9 Å². The molecule has 1 atom stereocenters. The molecule has 0 bridgehead atoms. The van der Waals surface area contributed by atoms with Crippen LogP contribution < -0.4 is 21.3 Å². The molecule has 4 rings (SSSR count). The van der Waals surface area contributed by atoms with Gasteiger partial charge in [0.15, 0.2) is 0 Å². The highest BCUT2D eigenvalue weighted by Gasteiger charge is 2.42. The third-order valence-electron chi connectivity index (χ3n) is 6.45. The Morgan fingerprint density at radius 3 is 2.36 bits per heavy atom. The fraction of sp³-hybridized carbons (Fsp3) is 0.619. The van der Waals surface area contributed by atoms with Gasteiger partial charge in [-0.05, 0) is 76.9 Å². The molecular weight excluding hydrogens is 350 g/mol. The summed E-state index contributed by atoms with van der Waals surface area (Å²) in [4.78, 5) is 15.9. The van der Waals surface area contributed by atoms with Crippen molar-refractivity contribution in [2.75, 3.05) is 37.0 Å². The maximum Gasteiger partial charge on any atom is 0.220 e. The lowest BCUT2D eigenvalue weighted by atomic mass is 9.87. The number of rotatable bonds is 3. The number of hydrogen-bond donors (Lipinski definition) is 2. The first kappa shape index (κ1) is 19.1. The average molecular weight is 384 g/mol. The fourth-order valence-electron chi connectivity index (χ4n) is 4.92. The maximum absolute atomic E-state index is 6.34. The molecule has 1 aromatic carbocycles. The van der Waals surface area contributed by atoms with Crippen molar-refractivity contribution in [2.24, 2.45) is 21.5 Å². The minimum Gasteiger partial charge on any atom is -0.370 e. The van der Waals surface area contributed by atoms with Crippen LogP contribution in [0.5, 0.6) is 0 Å². The van der Waals surface area contributed by atoms with Gasteiger partial charge in [-0.25, -0.2) is 4.99 Å². The van der Waals surface area contributed by atoms with E-state index in [9.17, 15) is 0 Å². The fourth-order valence-corrected chi connectivity index (χ4v) is 4.92. The lowest BCUT2D eigenvalue weighted by Crippen LogP contribution is -2.58. The van der Waals surface area contributed by atoms with Crippen LogP contribution in [0.25, 0.3) is 0 Å². The van der Waals surface area contributed by atoms with Crippen molar-refractivity contribution >= 4 is 23.3 Å². The molecule has 1 aromatic rings. The van der Waals surface area contributed by atoms with Gasteiger partial charge in [-0.2, -0.15) is 4.99 Å². The highest BCUT2D eigenvalue weighted by Crippen LogP contribution is 2.39. The molecule has 3 aliphatic rings. The number of nitrogens with two attached hydrogens (primary N) is 2. The third-order valence-corrected chi connectivity index (χ3v) is 6.45. The predicted octanol–water partition coefficient (Wildman–Crippen LogP) is 2.33. The van der Waals surface area contributed by atoms with Gasteiger partial charge in [0.2, 0.25) is 11.9 Å². The van der Waals surface area contributed by atoms with Crippen LogP contribution in [0.3, 0.4) is 0 Å². The van der Waals surface area contributed by atoms with Crippen molar-refractivity contribution in [1.29, 1.82) is 0 Å². The van der Waals surface area contributed by atoms with Crippen LogP contribution in [0, 0.1) is 0 Å². The zero-order chi connectivity index (χ0) is 19.7. The summed E-state index contributed by atoms with van der Waals surface area (Å²) in [5.41, 5.74) is 14.2. The molecular formula is C21H33N7. The third kappa shape index (κ3) is 3.55. The summed E-state index contributed by atoms with van der Waals surface area (Å²) in [6, 6.07) is 9.34. The summed E-state index contributed by atoms with van der Waals surface area (Å²) in [5.74, 6) is 0.753. The second kappa shape index (κ2) is 7.62. The van der Waals surface area contributed by atoms with Gasteiger partial charge in [0, 0.05) is 30.5 Å². The minimum absolute atomic E-state index is 0.301. The number of benzene rings is 1. The first-order chi connectivity index (χ1) is 13.5. The van der Waals surface area contributed by atoms with E-state index in [1.165, 1.54) is 24.9 Å². The predicted molar refractivity (Wildman–Crippen MR) is 117 cm³/mol. The highest BCUT2D eigenvalue weighted by atomic mass is 15.4. The largest absolute Gasteiger partial charge is 0.370 e. The van der Waals surface area contributed by atoms with Gasteiger partial charge in [-0.3, -0.25) is 4.90 Å². The number of nitrogens with zero attached hydrogens (tertiary/aromatic N) is 5.